The molecule has 0 heterocycles. The lowest BCUT2D eigenvalue weighted by molar-refractivity contribution is 0.168. The molecule has 36 heavy (non-hydrogen) atoms. The van der Waals surface area contributed by atoms with Crippen molar-refractivity contribution in [3.8, 4) is 11.5 Å². The maximum absolute atomic E-state index is 12.0. The minimum atomic E-state index is -3.53. The molecule has 3 N–H and O–H groups in total. The van der Waals surface area contributed by atoms with E-state index in [4.69, 9.17) is 9.47 Å². The van der Waals surface area contributed by atoms with Gasteiger partial charge in [-0.05, 0) is 72.2 Å². The van der Waals surface area contributed by atoms with Crippen molar-refractivity contribution in [3.05, 3.63) is 89.0 Å². The lowest BCUT2D eigenvalue weighted by Gasteiger charge is -2.21. The molecule has 0 bridgehead atoms. The van der Waals surface area contributed by atoms with E-state index in [1.807, 2.05) is 36.4 Å². The van der Waals surface area contributed by atoms with Crippen LogP contribution in [-0.2, 0) is 29.5 Å². The number of ether oxygens (including phenoxy) is 2. The highest BCUT2D eigenvalue weighted by Gasteiger charge is 2.20. The number of aryl methyl sites for hydroxylation is 1. The summed E-state index contributed by atoms with van der Waals surface area (Å²) >= 11 is 0. The maximum Gasteiger partial charge on any atom is 0.229 e. The predicted octanol–water partition coefficient (Wildman–Crippen LogP) is 4.22. The van der Waals surface area contributed by atoms with Crippen LogP contribution in [0.5, 0.6) is 11.5 Å². The zero-order chi connectivity index (χ0) is 25.5. The summed E-state index contributed by atoms with van der Waals surface area (Å²) in [5, 5.41) is 14.4. The van der Waals surface area contributed by atoms with Crippen molar-refractivity contribution in [2.45, 2.75) is 44.4 Å². The van der Waals surface area contributed by atoms with Gasteiger partial charge >= 0.3 is 0 Å². The third-order valence-corrected chi connectivity index (χ3v) is 6.99. The van der Waals surface area contributed by atoms with E-state index in [1.165, 1.54) is 11.1 Å². The number of hydrogen-bond acceptors (Lipinski definition) is 6. The number of methoxy groups -OCH3 is 1. The van der Waals surface area contributed by atoms with Crippen molar-refractivity contribution in [1.82, 2.24) is 5.32 Å². The SMILES string of the molecule is COc1ccc2c(c1)CC(NC[C@H](O)c1ccc(OCc3ccccc3)c(NS(C)(=O)=O)c1)CCC2. The molecule has 7 nitrogen and oxygen atoms in total. The summed E-state index contributed by atoms with van der Waals surface area (Å²) < 4.78 is 37.7. The predicted molar refractivity (Wildman–Crippen MR) is 142 cm³/mol. The zero-order valence-electron chi connectivity index (χ0n) is 20.7. The molecule has 0 fully saturated rings. The van der Waals surface area contributed by atoms with Gasteiger partial charge in [0.2, 0.25) is 10.0 Å². The highest BCUT2D eigenvalue weighted by Crippen LogP contribution is 2.30. The summed E-state index contributed by atoms with van der Waals surface area (Å²) in [4.78, 5) is 0. The molecule has 1 aliphatic rings. The quantitative estimate of drug-likeness (QED) is 0.354. The Morgan fingerprint density at radius 1 is 1.06 bits per heavy atom. The number of rotatable bonds is 10. The minimum Gasteiger partial charge on any atom is -0.497 e. The fraction of sp³-hybridized carbons (Fsp3) is 0.357. The Balaban J connectivity index is 1.43. The Kier molecular flexibility index (Phi) is 8.51. The normalized spacial score (nSPS) is 16.5. The Bertz CT molecular complexity index is 1260. The van der Waals surface area contributed by atoms with Crippen LogP contribution in [0.2, 0.25) is 0 Å². The molecule has 0 aromatic heterocycles. The second-order valence-corrected chi connectivity index (χ2v) is 11.0. The number of sulfonamides is 1. The molecular weight excluding hydrogens is 476 g/mol. The number of fused-ring (bicyclic) bond motifs is 1. The number of aliphatic hydroxyl groups is 1. The zero-order valence-corrected chi connectivity index (χ0v) is 21.6. The third kappa shape index (κ3) is 7.22. The molecule has 0 amide bonds. The molecule has 0 saturated carbocycles. The van der Waals surface area contributed by atoms with Crippen LogP contribution in [0.15, 0.2) is 66.7 Å². The van der Waals surface area contributed by atoms with Crippen LogP contribution in [0, 0.1) is 0 Å². The van der Waals surface area contributed by atoms with Gasteiger partial charge in [-0.1, -0.05) is 42.5 Å². The molecule has 3 aromatic rings. The number of benzene rings is 3. The van der Waals surface area contributed by atoms with Crippen LogP contribution in [-0.4, -0.2) is 39.5 Å². The first-order chi connectivity index (χ1) is 17.3. The number of nitrogens with one attached hydrogen (secondary N) is 2. The van der Waals surface area contributed by atoms with Gasteiger partial charge in [0.15, 0.2) is 0 Å². The van der Waals surface area contributed by atoms with E-state index in [-0.39, 0.29) is 6.04 Å². The second-order valence-electron chi connectivity index (χ2n) is 9.26. The summed E-state index contributed by atoms with van der Waals surface area (Å²) in [6, 6.07) is 21.2. The van der Waals surface area contributed by atoms with Gasteiger partial charge in [0.1, 0.15) is 18.1 Å². The molecule has 0 aliphatic heterocycles. The van der Waals surface area contributed by atoms with E-state index < -0.39 is 16.1 Å². The first-order valence-electron chi connectivity index (χ1n) is 12.2. The van der Waals surface area contributed by atoms with E-state index in [2.05, 4.69) is 22.2 Å². The fourth-order valence-electron chi connectivity index (χ4n) is 4.54. The summed E-state index contributed by atoms with van der Waals surface area (Å²) in [5.41, 5.74) is 4.51. The molecule has 1 aliphatic carbocycles. The van der Waals surface area contributed by atoms with Crippen LogP contribution in [0.3, 0.4) is 0 Å². The molecule has 1 unspecified atom stereocenters. The molecule has 2 atom stereocenters. The van der Waals surface area contributed by atoms with E-state index in [9.17, 15) is 13.5 Å². The van der Waals surface area contributed by atoms with Gasteiger partial charge in [-0.3, -0.25) is 4.72 Å². The minimum absolute atomic E-state index is 0.232. The van der Waals surface area contributed by atoms with Gasteiger partial charge in [0.25, 0.3) is 0 Å². The van der Waals surface area contributed by atoms with Crippen molar-refractivity contribution >= 4 is 15.7 Å². The van der Waals surface area contributed by atoms with Crippen molar-refractivity contribution in [3.63, 3.8) is 0 Å². The lowest BCUT2D eigenvalue weighted by Crippen LogP contribution is -2.34. The molecule has 0 saturated heterocycles. The average Bonchev–Trinajstić information content (AvgIpc) is 3.07. The number of aliphatic hydroxyl groups excluding tert-OH is 1. The molecule has 192 valence electrons. The van der Waals surface area contributed by atoms with Crippen molar-refractivity contribution in [1.29, 1.82) is 0 Å². The van der Waals surface area contributed by atoms with Gasteiger partial charge in [0.05, 0.1) is 25.2 Å². The first kappa shape index (κ1) is 26.0. The van der Waals surface area contributed by atoms with E-state index in [1.54, 1.807) is 25.3 Å². The summed E-state index contributed by atoms with van der Waals surface area (Å²) in [6.07, 6.45) is 4.27. The van der Waals surface area contributed by atoms with Crippen molar-refractivity contribution in [2.24, 2.45) is 0 Å². The van der Waals surface area contributed by atoms with Gasteiger partial charge in [0, 0.05) is 12.6 Å². The maximum atomic E-state index is 12.0. The number of hydrogen-bond donors (Lipinski definition) is 3. The van der Waals surface area contributed by atoms with Gasteiger partial charge < -0.3 is 19.9 Å². The van der Waals surface area contributed by atoms with E-state index in [0.717, 1.165) is 43.3 Å². The van der Waals surface area contributed by atoms with Crippen LogP contribution >= 0.6 is 0 Å². The molecule has 8 heteroatoms. The highest BCUT2D eigenvalue weighted by atomic mass is 32.2. The fourth-order valence-corrected chi connectivity index (χ4v) is 5.09. The van der Waals surface area contributed by atoms with Crippen molar-refractivity contribution < 1.29 is 23.0 Å². The van der Waals surface area contributed by atoms with Crippen LogP contribution < -0.4 is 19.5 Å². The van der Waals surface area contributed by atoms with Gasteiger partial charge in [-0.2, -0.15) is 0 Å². The summed E-state index contributed by atoms with van der Waals surface area (Å²) in [6.45, 7) is 0.656. The summed E-state index contributed by atoms with van der Waals surface area (Å²) in [7, 11) is -1.85. The Morgan fingerprint density at radius 2 is 1.86 bits per heavy atom. The molecule has 3 aromatic carbocycles. The van der Waals surface area contributed by atoms with Crippen molar-refractivity contribution in [2.75, 3.05) is 24.6 Å². The van der Waals surface area contributed by atoms with Gasteiger partial charge in [-0.15, -0.1) is 0 Å². The van der Waals surface area contributed by atoms with Crippen LogP contribution in [0.25, 0.3) is 0 Å². The van der Waals surface area contributed by atoms with E-state index >= 15 is 0 Å². The number of anilines is 1. The Labute approximate surface area is 213 Å². The highest BCUT2D eigenvalue weighted by molar-refractivity contribution is 7.92. The van der Waals surface area contributed by atoms with E-state index in [0.29, 0.717) is 30.2 Å². The standard InChI is InChI=1S/C28H34N2O5S/c1-34-25-13-11-21-9-6-10-24(15-23(21)16-25)29-18-27(31)22-12-14-28(26(17-22)30-36(2,32)33)35-19-20-7-4-3-5-8-20/h3-5,7-8,11-14,16-17,24,27,29-31H,6,9-10,15,18-19H2,1-2H3/t24?,27-/m0/s1. The van der Waals surface area contributed by atoms with Gasteiger partial charge in [-0.25, -0.2) is 8.42 Å². The molecule has 0 spiro atoms. The Hall–Kier alpha value is -3.07. The average molecular weight is 511 g/mol. The first-order valence-corrected chi connectivity index (χ1v) is 14.1. The second kappa shape index (κ2) is 11.8. The largest absolute Gasteiger partial charge is 0.497 e. The monoisotopic (exact) mass is 510 g/mol. The topological polar surface area (TPSA) is 96.9 Å². The molecule has 0 radical (unpaired) electrons. The Morgan fingerprint density at radius 3 is 2.61 bits per heavy atom. The van der Waals surface area contributed by atoms with Crippen LogP contribution in [0.4, 0.5) is 5.69 Å². The lowest BCUT2D eigenvalue weighted by atomic mass is 10.0. The smallest absolute Gasteiger partial charge is 0.229 e. The molecular formula is C28H34N2O5S. The third-order valence-electron chi connectivity index (χ3n) is 6.40. The van der Waals surface area contributed by atoms with Crippen LogP contribution in [0.1, 0.15) is 41.2 Å². The summed E-state index contributed by atoms with van der Waals surface area (Å²) in [5.74, 6) is 1.26. The molecule has 4 rings (SSSR count).